The molecule has 0 bridgehead atoms. The van der Waals surface area contributed by atoms with Gasteiger partial charge in [0.15, 0.2) is 6.04 Å². The second-order valence-corrected chi connectivity index (χ2v) is 7.94. The highest BCUT2D eigenvalue weighted by atomic mass is 16.2. The van der Waals surface area contributed by atoms with Crippen LogP contribution >= 0.6 is 0 Å². The van der Waals surface area contributed by atoms with Crippen molar-refractivity contribution in [1.82, 2.24) is 5.32 Å². The molecule has 0 saturated carbocycles. The van der Waals surface area contributed by atoms with Crippen LogP contribution in [0, 0.1) is 0 Å². The standard InChI is InChI=1S/C22H33N3O/c1-19(22(26)23-13-12-20-8-4-2-5-9-20)25-16-14-24(15-17-25)18-21-10-6-3-7-11-21/h3,6-8,10-11,19H,2,4-5,9,12-18H2,1H3,(H,23,26)/p+2/t19-/m1/s1. The third-order valence-electron chi connectivity index (χ3n) is 6.03. The first-order chi connectivity index (χ1) is 12.7. The molecule has 1 saturated heterocycles. The molecule has 4 nitrogen and oxygen atoms in total. The van der Waals surface area contributed by atoms with E-state index in [9.17, 15) is 4.79 Å². The number of amides is 1. The van der Waals surface area contributed by atoms with Gasteiger partial charge in [-0.1, -0.05) is 42.0 Å². The molecular formula is C22H35N3O+2. The van der Waals surface area contributed by atoms with Crippen LogP contribution in [0.5, 0.6) is 0 Å². The Labute approximate surface area is 158 Å². The van der Waals surface area contributed by atoms with E-state index in [2.05, 4.69) is 48.6 Å². The molecule has 1 aliphatic carbocycles. The van der Waals surface area contributed by atoms with Crippen LogP contribution in [0.1, 0.15) is 44.6 Å². The summed E-state index contributed by atoms with van der Waals surface area (Å²) in [7, 11) is 0. The maximum absolute atomic E-state index is 12.5. The van der Waals surface area contributed by atoms with Gasteiger partial charge in [-0.2, -0.15) is 0 Å². The molecule has 1 aromatic carbocycles. The van der Waals surface area contributed by atoms with Crippen LogP contribution in [0.4, 0.5) is 0 Å². The van der Waals surface area contributed by atoms with Crippen LogP contribution in [0.2, 0.25) is 0 Å². The average molecular weight is 358 g/mol. The Kier molecular flexibility index (Phi) is 7.27. The number of nitrogens with one attached hydrogen (secondary N) is 3. The molecule has 142 valence electrons. The predicted molar refractivity (Wildman–Crippen MR) is 105 cm³/mol. The molecule has 0 spiro atoms. The van der Waals surface area contributed by atoms with Crippen LogP contribution in [0.25, 0.3) is 0 Å². The number of carbonyl (C=O) groups excluding carboxylic acids is 1. The van der Waals surface area contributed by atoms with Crippen LogP contribution in [-0.2, 0) is 11.3 Å². The summed E-state index contributed by atoms with van der Waals surface area (Å²) in [6.07, 6.45) is 8.49. The number of quaternary nitrogens is 2. The molecule has 0 radical (unpaired) electrons. The molecule has 1 fully saturated rings. The fourth-order valence-corrected chi connectivity index (χ4v) is 4.24. The maximum atomic E-state index is 12.5. The third kappa shape index (κ3) is 5.68. The Balaban J connectivity index is 1.36. The van der Waals surface area contributed by atoms with Crippen molar-refractivity contribution < 1.29 is 14.6 Å². The lowest BCUT2D eigenvalue weighted by Gasteiger charge is -2.32. The lowest BCUT2D eigenvalue weighted by molar-refractivity contribution is -1.02. The summed E-state index contributed by atoms with van der Waals surface area (Å²) in [4.78, 5) is 15.6. The molecule has 1 aromatic rings. The Hall–Kier alpha value is -1.65. The normalized spacial score (nSPS) is 24.6. The molecule has 1 heterocycles. The lowest BCUT2D eigenvalue weighted by atomic mass is 9.97. The number of allylic oxidation sites excluding steroid dienone is 1. The fourth-order valence-electron chi connectivity index (χ4n) is 4.24. The van der Waals surface area contributed by atoms with E-state index in [0.717, 1.165) is 45.7 Å². The zero-order chi connectivity index (χ0) is 18.2. The second kappa shape index (κ2) is 9.89. The Morgan fingerprint density at radius 2 is 1.88 bits per heavy atom. The number of hydrogen-bond acceptors (Lipinski definition) is 1. The minimum atomic E-state index is 0.0635. The van der Waals surface area contributed by atoms with E-state index in [1.54, 1.807) is 4.90 Å². The first kappa shape index (κ1) is 19.1. The van der Waals surface area contributed by atoms with E-state index in [1.807, 2.05) is 0 Å². The number of hydrogen-bond donors (Lipinski definition) is 3. The highest BCUT2D eigenvalue weighted by Crippen LogP contribution is 2.19. The Bertz CT molecular complexity index is 591. The average Bonchev–Trinajstić information content (AvgIpc) is 2.69. The van der Waals surface area contributed by atoms with E-state index in [1.165, 1.54) is 41.7 Å². The summed E-state index contributed by atoms with van der Waals surface area (Å²) in [5, 5.41) is 3.17. The molecule has 1 atom stereocenters. The second-order valence-electron chi connectivity index (χ2n) is 7.94. The van der Waals surface area contributed by atoms with Gasteiger partial charge in [-0.3, -0.25) is 4.79 Å². The molecule has 2 aliphatic rings. The summed E-state index contributed by atoms with van der Waals surface area (Å²) < 4.78 is 0. The smallest absolute Gasteiger partial charge is 0.278 e. The number of piperazine rings is 1. The minimum absolute atomic E-state index is 0.0635. The first-order valence-electron chi connectivity index (χ1n) is 10.4. The van der Waals surface area contributed by atoms with E-state index in [-0.39, 0.29) is 11.9 Å². The topological polar surface area (TPSA) is 38.0 Å². The molecule has 3 rings (SSSR count). The summed E-state index contributed by atoms with van der Waals surface area (Å²) in [5.41, 5.74) is 2.95. The van der Waals surface area contributed by atoms with Gasteiger partial charge >= 0.3 is 0 Å². The molecule has 1 aliphatic heterocycles. The van der Waals surface area contributed by atoms with E-state index >= 15 is 0 Å². The molecule has 1 amide bonds. The van der Waals surface area contributed by atoms with Crippen LogP contribution in [0.3, 0.4) is 0 Å². The predicted octanol–water partition coefficient (Wildman–Crippen LogP) is 0.365. The number of benzene rings is 1. The molecule has 4 heteroatoms. The SMILES string of the molecule is C[C@H](C(=O)NCCC1=CCCCC1)[NH+]1CC[NH+](Cc2ccccc2)CC1. The van der Waals surface area contributed by atoms with Crippen LogP contribution in [-0.4, -0.2) is 44.7 Å². The fraction of sp³-hybridized carbons (Fsp3) is 0.591. The van der Waals surface area contributed by atoms with Gasteiger partial charge in [0.2, 0.25) is 0 Å². The van der Waals surface area contributed by atoms with Gasteiger partial charge in [-0.05, 0) is 39.0 Å². The summed E-state index contributed by atoms with van der Waals surface area (Å²) in [6, 6.07) is 10.8. The molecular weight excluding hydrogens is 322 g/mol. The van der Waals surface area contributed by atoms with Gasteiger partial charge in [-0.15, -0.1) is 0 Å². The van der Waals surface area contributed by atoms with Crippen molar-refractivity contribution in [3.63, 3.8) is 0 Å². The van der Waals surface area contributed by atoms with Gasteiger partial charge in [0.1, 0.15) is 32.7 Å². The minimum Gasteiger partial charge on any atom is -0.351 e. The molecule has 26 heavy (non-hydrogen) atoms. The number of carbonyl (C=O) groups is 1. The van der Waals surface area contributed by atoms with Crippen molar-refractivity contribution in [2.24, 2.45) is 0 Å². The highest BCUT2D eigenvalue weighted by Gasteiger charge is 2.30. The van der Waals surface area contributed by atoms with Crippen molar-refractivity contribution in [2.75, 3.05) is 32.7 Å². The van der Waals surface area contributed by atoms with Gasteiger partial charge in [0.05, 0.1) is 0 Å². The molecule has 3 N–H and O–H groups in total. The van der Waals surface area contributed by atoms with Crippen molar-refractivity contribution >= 4 is 5.91 Å². The summed E-state index contributed by atoms with van der Waals surface area (Å²) in [5.74, 6) is 0.225. The number of rotatable bonds is 7. The van der Waals surface area contributed by atoms with Gasteiger partial charge < -0.3 is 15.1 Å². The zero-order valence-corrected chi connectivity index (χ0v) is 16.2. The van der Waals surface area contributed by atoms with Gasteiger partial charge in [-0.25, -0.2) is 0 Å². The molecule has 0 unspecified atom stereocenters. The van der Waals surface area contributed by atoms with E-state index in [4.69, 9.17) is 0 Å². The zero-order valence-electron chi connectivity index (χ0n) is 16.2. The first-order valence-corrected chi connectivity index (χ1v) is 10.4. The lowest BCUT2D eigenvalue weighted by Crippen LogP contribution is -3.29. The molecule has 0 aromatic heterocycles. The van der Waals surface area contributed by atoms with Crippen molar-refractivity contribution in [3.8, 4) is 0 Å². The Morgan fingerprint density at radius 3 is 2.58 bits per heavy atom. The Morgan fingerprint density at radius 1 is 1.12 bits per heavy atom. The third-order valence-corrected chi connectivity index (χ3v) is 6.03. The van der Waals surface area contributed by atoms with E-state index in [0.29, 0.717) is 0 Å². The quantitative estimate of drug-likeness (QED) is 0.606. The summed E-state index contributed by atoms with van der Waals surface area (Å²) in [6.45, 7) is 8.46. The van der Waals surface area contributed by atoms with Crippen molar-refractivity contribution in [3.05, 3.63) is 47.5 Å². The summed E-state index contributed by atoms with van der Waals surface area (Å²) >= 11 is 0. The van der Waals surface area contributed by atoms with Gasteiger partial charge in [0, 0.05) is 12.1 Å². The maximum Gasteiger partial charge on any atom is 0.278 e. The van der Waals surface area contributed by atoms with Crippen molar-refractivity contribution in [2.45, 2.75) is 51.6 Å². The van der Waals surface area contributed by atoms with Crippen LogP contribution in [0.15, 0.2) is 42.0 Å². The van der Waals surface area contributed by atoms with Crippen LogP contribution < -0.4 is 15.1 Å². The van der Waals surface area contributed by atoms with Gasteiger partial charge in [0.25, 0.3) is 5.91 Å². The van der Waals surface area contributed by atoms with E-state index < -0.39 is 0 Å². The highest BCUT2D eigenvalue weighted by molar-refractivity contribution is 5.79. The monoisotopic (exact) mass is 357 g/mol. The van der Waals surface area contributed by atoms with Crippen molar-refractivity contribution in [1.29, 1.82) is 0 Å². The largest absolute Gasteiger partial charge is 0.351 e.